The molecule has 0 N–H and O–H groups in total. The maximum Gasteiger partial charge on any atom is 0.232 e. The normalized spacial score (nSPS) is 18.8. The fourth-order valence-electron chi connectivity index (χ4n) is 2.86. The van der Waals surface area contributed by atoms with Gasteiger partial charge in [-0.1, -0.05) is 24.6 Å². The van der Waals surface area contributed by atoms with Gasteiger partial charge in [0.2, 0.25) is 11.8 Å². The number of hydrogen-bond donors (Lipinski definition) is 0. The minimum Gasteiger partial charge on any atom is -0.292 e. The van der Waals surface area contributed by atoms with Crippen molar-refractivity contribution in [3.05, 3.63) is 34.4 Å². The van der Waals surface area contributed by atoms with Crippen LogP contribution in [0.15, 0.2) is 12.1 Å². The van der Waals surface area contributed by atoms with Crippen LogP contribution in [0.2, 0.25) is 0 Å². The third-order valence-corrected chi connectivity index (χ3v) is 3.73. The lowest BCUT2D eigenvalue weighted by Gasteiger charge is -2.16. The van der Waals surface area contributed by atoms with Crippen molar-refractivity contribution in [2.24, 2.45) is 5.92 Å². The molecule has 1 atom stereocenters. The van der Waals surface area contributed by atoms with Crippen molar-refractivity contribution >= 4 is 17.6 Å². The summed E-state index contributed by atoms with van der Waals surface area (Å²) in [4.78, 5) is 37.1. The van der Waals surface area contributed by atoms with Crippen LogP contribution in [0.1, 0.15) is 40.4 Å². The Morgan fingerprint density at radius 1 is 1.20 bits per heavy atom. The molecule has 1 fully saturated rings. The Morgan fingerprint density at radius 2 is 1.75 bits per heavy atom. The summed E-state index contributed by atoms with van der Waals surface area (Å²) in [7, 11) is 0. The highest BCUT2D eigenvalue weighted by Crippen LogP contribution is 2.21. The van der Waals surface area contributed by atoms with E-state index in [0.29, 0.717) is 5.56 Å². The van der Waals surface area contributed by atoms with E-state index in [1.807, 2.05) is 32.9 Å². The molecule has 0 radical (unpaired) electrons. The van der Waals surface area contributed by atoms with Gasteiger partial charge in [-0.3, -0.25) is 19.3 Å². The van der Waals surface area contributed by atoms with E-state index in [9.17, 15) is 14.4 Å². The molecule has 1 aliphatic heterocycles. The van der Waals surface area contributed by atoms with E-state index in [1.165, 1.54) is 0 Å². The van der Waals surface area contributed by atoms with E-state index in [4.69, 9.17) is 0 Å². The molecular formula is C16H19NO3. The summed E-state index contributed by atoms with van der Waals surface area (Å²) in [5.41, 5.74) is 3.49. The molecule has 106 valence electrons. The summed E-state index contributed by atoms with van der Waals surface area (Å²) in [6.07, 6.45) is 0.206. The molecule has 1 saturated heterocycles. The first-order valence-electron chi connectivity index (χ1n) is 6.76. The van der Waals surface area contributed by atoms with Crippen molar-refractivity contribution in [3.8, 4) is 0 Å². The molecule has 20 heavy (non-hydrogen) atoms. The second-order valence-corrected chi connectivity index (χ2v) is 5.62. The van der Waals surface area contributed by atoms with E-state index in [0.717, 1.165) is 21.6 Å². The van der Waals surface area contributed by atoms with Crippen LogP contribution in [0, 0.1) is 26.7 Å². The minimum absolute atomic E-state index is 0.146. The van der Waals surface area contributed by atoms with E-state index in [-0.39, 0.29) is 36.5 Å². The number of ketones is 1. The summed E-state index contributed by atoms with van der Waals surface area (Å²) < 4.78 is 0. The fraction of sp³-hybridized carbons (Fsp3) is 0.438. The molecule has 4 nitrogen and oxygen atoms in total. The van der Waals surface area contributed by atoms with Gasteiger partial charge in [0.05, 0.1) is 6.54 Å². The number of benzene rings is 1. The number of hydrogen-bond acceptors (Lipinski definition) is 3. The van der Waals surface area contributed by atoms with Crippen LogP contribution in [-0.2, 0) is 9.59 Å². The van der Waals surface area contributed by atoms with Crippen LogP contribution in [-0.4, -0.2) is 29.0 Å². The largest absolute Gasteiger partial charge is 0.292 e. The predicted octanol–water partition coefficient (Wildman–Crippen LogP) is 2.19. The second kappa shape index (κ2) is 5.19. The highest BCUT2D eigenvalue weighted by atomic mass is 16.2. The first kappa shape index (κ1) is 14.4. The van der Waals surface area contributed by atoms with Crippen molar-refractivity contribution in [3.63, 3.8) is 0 Å². The summed E-state index contributed by atoms with van der Waals surface area (Å²) in [5.74, 6) is -0.977. The Hall–Kier alpha value is -1.97. The van der Waals surface area contributed by atoms with Crippen molar-refractivity contribution in [2.45, 2.75) is 34.1 Å². The van der Waals surface area contributed by atoms with Crippen LogP contribution in [0.5, 0.6) is 0 Å². The number of imide groups is 1. The molecule has 4 heteroatoms. The second-order valence-electron chi connectivity index (χ2n) is 5.62. The number of rotatable bonds is 3. The number of carbonyl (C=O) groups is 3. The van der Waals surface area contributed by atoms with Gasteiger partial charge in [-0.05, 0) is 31.9 Å². The van der Waals surface area contributed by atoms with Crippen LogP contribution >= 0.6 is 0 Å². The number of Topliss-reactive ketones (excluding diaryl/α,β-unsaturated/α-hetero) is 1. The Balaban J connectivity index is 2.26. The van der Waals surface area contributed by atoms with E-state index >= 15 is 0 Å². The van der Waals surface area contributed by atoms with Crippen LogP contribution in [0.3, 0.4) is 0 Å². The summed E-state index contributed by atoms with van der Waals surface area (Å²) in [5, 5.41) is 0. The van der Waals surface area contributed by atoms with Crippen LogP contribution < -0.4 is 0 Å². The third kappa shape index (κ3) is 2.50. The highest BCUT2D eigenvalue weighted by Gasteiger charge is 2.36. The zero-order valence-corrected chi connectivity index (χ0v) is 12.3. The summed E-state index contributed by atoms with van der Waals surface area (Å²) in [6, 6.07) is 3.88. The molecule has 0 bridgehead atoms. The Kier molecular flexibility index (Phi) is 3.75. The van der Waals surface area contributed by atoms with Gasteiger partial charge >= 0.3 is 0 Å². The maximum absolute atomic E-state index is 12.4. The molecule has 1 aliphatic rings. The molecule has 0 spiro atoms. The molecule has 0 aliphatic carbocycles. The molecule has 2 rings (SSSR count). The topological polar surface area (TPSA) is 54.5 Å². The standard InChI is InChI=1S/C16H19NO3/c1-9-5-10(2)15(11(3)6-9)13(18)8-17-14(19)7-12(4)16(17)20/h5-6,12H,7-8H2,1-4H3. The van der Waals surface area contributed by atoms with Gasteiger partial charge in [-0.2, -0.15) is 0 Å². The third-order valence-electron chi connectivity index (χ3n) is 3.73. The SMILES string of the molecule is Cc1cc(C)c(C(=O)CN2C(=O)CC(C)C2=O)c(C)c1. The molecule has 1 aromatic rings. The highest BCUT2D eigenvalue weighted by molar-refractivity contribution is 6.09. The van der Waals surface area contributed by atoms with Gasteiger partial charge in [0.1, 0.15) is 0 Å². The van der Waals surface area contributed by atoms with Gasteiger partial charge in [0.25, 0.3) is 0 Å². The maximum atomic E-state index is 12.4. The lowest BCUT2D eigenvalue weighted by Crippen LogP contribution is -2.35. The molecule has 0 saturated carbocycles. The van der Waals surface area contributed by atoms with E-state index < -0.39 is 0 Å². The zero-order valence-electron chi connectivity index (χ0n) is 12.3. The van der Waals surface area contributed by atoms with Gasteiger partial charge in [0, 0.05) is 17.9 Å². The van der Waals surface area contributed by atoms with Gasteiger partial charge in [-0.15, -0.1) is 0 Å². The Bertz CT molecular complexity index is 581. The van der Waals surface area contributed by atoms with E-state index in [1.54, 1.807) is 6.92 Å². The van der Waals surface area contributed by atoms with Crippen LogP contribution in [0.25, 0.3) is 0 Å². The molecule has 1 aromatic carbocycles. The predicted molar refractivity (Wildman–Crippen MR) is 75.5 cm³/mol. The van der Waals surface area contributed by atoms with E-state index in [2.05, 4.69) is 0 Å². The van der Waals surface area contributed by atoms with Gasteiger partial charge in [-0.25, -0.2) is 0 Å². The first-order valence-corrected chi connectivity index (χ1v) is 6.76. The first-order chi connectivity index (χ1) is 9.31. The van der Waals surface area contributed by atoms with Gasteiger partial charge < -0.3 is 0 Å². The van der Waals surface area contributed by atoms with Crippen LogP contribution in [0.4, 0.5) is 0 Å². The number of likely N-dealkylation sites (tertiary alicyclic amines) is 1. The van der Waals surface area contributed by atoms with Crippen molar-refractivity contribution in [1.82, 2.24) is 4.90 Å². The Morgan fingerprint density at radius 3 is 2.20 bits per heavy atom. The number of carbonyl (C=O) groups excluding carboxylic acids is 3. The Labute approximate surface area is 118 Å². The van der Waals surface area contributed by atoms with Gasteiger partial charge in [0.15, 0.2) is 5.78 Å². The lowest BCUT2D eigenvalue weighted by molar-refractivity contribution is -0.138. The van der Waals surface area contributed by atoms with Crippen molar-refractivity contribution in [2.75, 3.05) is 6.54 Å². The number of nitrogens with zero attached hydrogens (tertiary/aromatic N) is 1. The molecule has 2 amide bonds. The summed E-state index contributed by atoms with van der Waals surface area (Å²) >= 11 is 0. The minimum atomic E-state index is -0.310. The monoisotopic (exact) mass is 273 g/mol. The molecule has 1 unspecified atom stereocenters. The van der Waals surface area contributed by atoms with Crippen molar-refractivity contribution in [1.29, 1.82) is 0 Å². The fourth-order valence-corrected chi connectivity index (χ4v) is 2.86. The average Bonchev–Trinajstić information content (AvgIpc) is 2.54. The average molecular weight is 273 g/mol. The van der Waals surface area contributed by atoms with Crippen molar-refractivity contribution < 1.29 is 14.4 Å². The smallest absolute Gasteiger partial charge is 0.232 e. The number of aryl methyl sites for hydroxylation is 3. The quantitative estimate of drug-likeness (QED) is 0.626. The molecule has 1 heterocycles. The molecular weight excluding hydrogens is 254 g/mol. The zero-order chi connectivity index (χ0) is 15.0. The molecule has 0 aromatic heterocycles. The summed E-state index contributed by atoms with van der Waals surface area (Å²) in [6.45, 7) is 7.30. The lowest BCUT2D eigenvalue weighted by atomic mass is 9.96. The number of amides is 2.